The molecule has 0 amide bonds. The van der Waals surface area contributed by atoms with E-state index >= 15 is 0 Å². The van der Waals surface area contributed by atoms with Crippen molar-refractivity contribution < 1.29 is 18.4 Å². The van der Waals surface area contributed by atoms with E-state index in [0.29, 0.717) is 11.7 Å². The average molecular weight is 222 g/mol. The Labute approximate surface area is 83.5 Å². The van der Waals surface area contributed by atoms with Crippen molar-refractivity contribution in [3.05, 3.63) is 12.1 Å². The fourth-order valence-electron chi connectivity index (χ4n) is 1.68. The van der Waals surface area contributed by atoms with Gasteiger partial charge in [0, 0.05) is 0 Å². The second-order valence-electron chi connectivity index (χ2n) is 3.64. The van der Waals surface area contributed by atoms with Gasteiger partial charge in [-0.15, -0.1) is 0 Å². The molecule has 0 aliphatic heterocycles. The molecule has 1 aliphatic carbocycles. The quantitative estimate of drug-likeness (QED) is 0.743. The second-order valence-corrected chi connectivity index (χ2v) is 5.32. The molecule has 0 saturated heterocycles. The molecular weight excluding hydrogens is 206 g/mol. The molecule has 1 aliphatic rings. The molecule has 0 aromatic heterocycles. The van der Waals surface area contributed by atoms with Crippen molar-refractivity contribution in [1.29, 1.82) is 0 Å². The van der Waals surface area contributed by atoms with E-state index in [1.54, 1.807) is 0 Å². The lowest BCUT2D eigenvalue weighted by molar-refractivity contribution is 0.190. The van der Waals surface area contributed by atoms with Crippen molar-refractivity contribution in [1.82, 2.24) is 0 Å². The van der Waals surface area contributed by atoms with Gasteiger partial charge >= 0.3 is 7.60 Å². The van der Waals surface area contributed by atoms with Gasteiger partial charge in [-0.3, -0.25) is 4.57 Å². The van der Waals surface area contributed by atoms with Crippen molar-refractivity contribution >= 4 is 7.60 Å². The molecule has 1 unspecified atom stereocenters. The van der Waals surface area contributed by atoms with E-state index in [-0.39, 0.29) is 12.9 Å². The molecule has 0 spiro atoms. The normalized spacial score (nSPS) is 23.9. The van der Waals surface area contributed by atoms with Gasteiger partial charge in [0.15, 0.2) is 0 Å². The Morgan fingerprint density at radius 3 is 2.64 bits per heavy atom. The van der Waals surface area contributed by atoms with E-state index in [1.807, 2.05) is 0 Å². The van der Waals surface area contributed by atoms with Crippen LogP contribution in [0.5, 0.6) is 0 Å². The summed E-state index contributed by atoms with van der Waals surface area (Å²) in [6.07, 6.45) is 5.68. The minimum absolute atomic E-state index is 0.0572. The van der Waals surface area contributed by atoms with Crippen LogP contribution in [0.4, 0.5) is 4.39 Å². The van der Waals surface area contributed by atoms with Gasteiger partial charge in [0.1, 0.15) is 0 Å². The number of hydrogen-bond acceptors (Lipinski definition) is 2. The molecule has 0 heterocycles. The van der Waals surface area contributed by atoms with Crippen molar-refractivity contribution in [2.24, 2.45) is 5.92 Å². The van der Waals surface area contributed by atoms with Crippen molar-refractivity contribution in [3.8, 4) is 0 Å². The Kier molecular flexibility index (Phi) is 4.79. The van der Waals surface area contributed by atoms with E-state index < -0.39 is 7.60 Å². The standard InChI is InChI=1S/C9H16FO3P/c10-6-7-14(11,12)13-8-9-4-2-1-3-5-9/h6-7,9H,1-5,8H2,(H,11,12). The zero-order chi connectivity index (χ0) is 10.4. The van der Waals surface area contributed by atoms with Crippen molar-refractivity contribution in [3.63, 3.8) is 0 Å². The minimum Gasteiger partial charge on any atom is -0.321 e. The lowest BCUT2D eigenvalue weighted by Crippen LogP contribution is -2.12. The van der Waals surface area contributed by atoms with E-state index in [9.17, 15) is 8.96 Å². The molecule has 82 valence electrons. The van der Waals surface area contributed by atoms with Crippen LogP contribution in [0.3, 0.4) is 0 Å². The van der Waals surface area contributed by atoms with E-state index in [2.05, 4.69) is 0 Å². The highest BCUT2D eigenvalue weighted by atomic mass is 31.2. The zero-order valence-electron chi connectivity index (χ0n) is 8.06. The van der Waals surface area contributed by atoms with Gasteiger partial charge in [-0.1, -0.05) is 19.3 Å². The van der Waals surface area contributed by atoms with Gasteiger partial charge < -0.3 is 9.42 Å². The lowest BCUT2D eigenvalue weighted by Gasteiger charge is -2.21. The Morgan fingerprint density at radius 2 is 2.07 bits per heavy atom. The lowest BCUT2D eigenvalue weighted by atomic mass is 9.90. The summed E-state index contributed by atoms with van der Waals surface area (Å²) in [5.41, 5.74) is 0. The third-order valence-electron chi connectivity index (χ3n) is 2.46. The second kappa shape index (κ2) is 5.64. The average Bonchev–Trinajstić information content (AvgIpc) is 2.17. The highest BCUT2D eigenvalue weighted by molar-refractivity contribution is 7.56. The molecule has 5 heteroatoms. The molecule has 0 aromatic rings. The topological polar surface area (TPSA) is 46.5 Å². The molecule has 0 aromatic carbocycles. The van der Waals surface area contributed by atoms with Crippen LogP contribution >= 0.6 is 7.60 Å². The van der Waals surface area contributed by atoms with E-state index in [4.69, 9.17) is 9.42 Å². The summed E-state index contributed by atoms with van der Waals surface area (Å²) in [6, 6.07) is 0. The molecule has 14 heavy (non-hydrogen) atoms. The fourth-order valence-corrected chi connectivity index (χ4v) is 2.33. The molecular formula is C9H16FO3P. The summed E-state index contributed by atoms with van der Waals surface area (Å²) in [5, 5.41) is 0. The van der Waals surface area contributed by atoms with Crippen LogP contribution in [0, 0.1) is 5.92 Å². The maximum atomic E-state index is 11.7. The summed E-state index contributed by atoms with van der Waals surface area (Å²) in [4.78, 5) is 9.05. The van der Waals surface area contributed by atoms with Gasteiger partial charge in [0.05, 0.1) is 18.8 Å². The molecule has 3 nitrogen and oxygen atoms in total. The SMILES string of the molecule is O=P(O)(C=CF)OCC1CCCCC1. The summed E-state index contributed by atoms with van der Waals surface area (Å²) in [6.45, 7) is 0.262. The number of hydrogen-bond donors (Lipinski definition) is 1. The molecule has 1 fully saturated rings. The summed E-state index contributed by atoms with van der Waals surface area (Å²) in [7, 11) is -3.81. The van der Waals surface area contributed by atoms with Gasteiger partial charge in [-0.2, -0.15) is 0 Å². The van der Waals surface area contributed by atoms with Crippen LogP contribution in [0.15, 0.2) is 12.1 Å². The molecule has 1 atom stereocenters. The zero-order valence-corrected chi connectivity index (χ0v) is 8.96. The van der Waals surface area contributed by atoms with Crippen LogP contribution in [-0.4, -0.2) is 11.5 Å². The maximum absolute atomic E-state index is 11.7. The maximum Gasteiger partial charge on any atom is 0.353 e. The Bertz CT molecular complexity index is 236. The molecule has 1 N–H and O–H groups in total. The predicted octanol–water partition coefficient (Wildman–Crippen LogP) is 3.21. The van der Waals surface area contributed by atoms with Crippen LogP contribution in [-0.2, 0) is 9.09 Å². The van der Waals surface area contributed by atoms with Gasteiger partial charge in [-0.05, 0) is 18.8 Å². The predicted molar refractivity (Wildman–Crippen MR) is 52.6 cm³/mol. The van der Waals surface area contributed by atoms with Crippen LogP contribution < -0.4 is 0 Å². The van der Waals surface area contributed by atoms with Gasteiger partial charge in [0.25, 0.3) is 0 Å². The van der Waals surface area contributed by atoms with E-state index in [0.717, 1.165) is 25.7 Å². The summed E-state index contributed by atoms with van der Waals surface area (Å²) < 4.78 is 27.5. The monoisotopic (exact) mass is 222 g/mol. The highest BCUT2D eigenvalue weighted by Crippen LogP contribution is 2.44. The van der Waals surface area contributed by atoms with Crippen LogP contribution in [0.1, 0.15) is 32.1 Å². The summed E-state index contributed by atoms with van der Waals surface area (Å²) in [5.74, 6) is 0.938. The Balaban J connectivity index is 2.28. The Morgan fingerprint density at radius 1 is 1.43 bits per heavy atom. The molecule has 1 rings (SSSR count). The first-order chi connectivity index (χ1) is 6.64. The first-order valence-corrected chi connectivity index (χ1v) is 6.54. The molecule has 0 radical (unpaired) electrons. The molecule has 0 bridgehead atoms. The smallest absolute Gasteiger partial charge is 0.321 e. The van der Waals surface area contributed by atoms with Crippen LogP contribution in [0.25, 0.3) is 0 Å². The van der Waals surface area contributed by atoms with Crippen LogP contribution in [0.2, 0.25) is 0 Å². The van der Waals surface area contributed by atoms with Crippen molar-refractivity contribution in [2.45, 2.75) is 32.1 Å². The first kappa shape index (κ1) is 11.9. The summed E-state index contributed by atoms with van der Waals surface area (Å²) >= 11 is 0. The molecule has 1 saturated carbocycles. The largest absolute Gasteiger partial charge is 0.353 e. The third-order valence-corrected chi connectivity index (χ3v) is 3.47. The number of rotatable bonds is 4. The van der Waals surface area contributed by atoms with E-state index in [1.165, 1.54) is 6.42 Å². The first-order valence-electron chi connectivity index (χ1n) is 4.89. The fraction of sp³-hybridized carbons (Fsp3) is 0.778. The Hall–Kier alpha value is -0.180. The van der Waals surface area contributed by atoms with Gasteiger partial charge in [-0.25, -0.2) is 4.39 Å². The minimum atomic E-state index is -3.81. The third kappa shape index (κ3) is 4.36. The highest BCUT2D eigenvalue weighted by Gasteiger charge is 2.20. The van der Waals surface area contributed by atoms with Gasteiger partial charge in [0.2, 0.25) is 0 Å². The van der Waals surface area contributed by atoms with Crippen molar-refractivity contribution in [2.75, 3.05) is 6.61 Å². The number of halogens is 1.